The summed E-state index contributed by atoms with van der Waals surface area (Å²) in [4.78, 5) is 16.6. The van der Waals surface area contributed by atoms with Gasteiger partial charge in [-0.3, -0.25) is 9.20 Å². The van der Waals surface area contributed by atoms with Gasteiger partial charge in [0.05, 0.1) is 22.5 Å². The number of carbonyl (C=O) groups excluding carboxylic acids is 1. The highest BCUT2D eigenvalue weighted by Gasteiger charge is 2.09. The monoisotopic (exact) mass is 355 g/mol. The van der Waals surface area contributed by atoms with E-state index in [9.17, 15) is 4.79 Å². The van der Waals surface area contributed by atoms with E-state index in [1.165, 1.54) is 11.8 Å². The van der Waals surface area contributed by atoms with Crippen LogP contribution in [0.15, 0.2) is 53.0 Å². The van der Waals surface area contributed by atoms with Gasteiger partial charge in [0.1, 0.15) is 0 Å². The molecule has 0 spiro atoms. The van der Waals surface area contributed by atoms with Crippen LogP contribution in [0, 0.1) is 0 Å². The van der Waals surface area contributed by atoms with Crippen molar-refractivity contribution in [2.24, 2.45) is 0 Å². The molecule has 0 bridgehead atoms. The third-order valence-electron chi connectivity index (χ3n) is 3.43. The van der Waals surface area contributed by atoms with E-state index < -0.39 is 0 Å². The Morgan fingerprint density at radius 1 is 1.17 bits per heavy atom. The number of hydrogen-bond donors (Lipinski definition) is 1. The molecule has 0 aliphatic carbocycles. The maximum absolute atomic E-state index is 12.1. The highest BCUT2D eigenvalue weighted by Crippen LogP contribution is 2.28. The lowest BCUT2D eigenvalue weighted by molar-refractivity contribution is -0.118. The molecular formula is C16H13N5OS2. The molecule has 1 amide bonds. The Bertz CT molecular complexity index is 977. The SMILES string of the molecule is O=C(CSc1nc2ccccc2s1)NCc1nnc2ccccn12. The molecule has 4 aromatic rings. The quantitative estimate of drug-likeness (QED) is 0.557. The van der Waals surface area contributed by atoms with Gasteiger partial charge in [0.2, 0.25) is 5.91 Å². The zero-order chi connectivity index (χ0) is 16.4. The maximum atomic E-state index is 12.1. The van der Waals surface area contributed by atoms with Crippen LogP contribution >= 0.6 is 23.1 Å². The van der Waals surface area contributed by atoms with Gasteiger partial charge in [-0.1, -0.05) is 30.0 Å². The third kappa shape index (κ3) is 3.10. The smallest absolute Gasteiger partial charge is 0.230 e. The largest absolute Gasteiger partial charge is 0.348 e. The van der Waals surface area contributed by atoms with Crippen molar-refractivity contribution in [1.29, 1.82) is 0 Å². The first-order chi connectivity index (χ1) is 11.8. The van der Waals surface area contributed by atoms with Crippen LogP contribution in [0.2, 0.25) is 0 Å². The van der Waals surface area contributed by atoms with Crippen LogP contribution in [0.25, 0.3) is 15.9 Å². The highest BCUT2D eigenvalue weighted by molar-refractivity contribution is 8.01. The number of nitrogens with zero attached hydrogens (tertiary/aromatic N) is 4. The summed E-state index contributed by atoms with van der Waals surface area (Å²) in [6, 6.07) is 13.7. The summed E-state index contributed by atoms with van der Waals surface area (Å²) in [5, 5.41) is 11.0. The number of nitrogens with one attached hydrogen (secondary N) is 1. The van der Waals surface area contributed by atoms with Crippen molar-refractivity contribution in [2.75, 3.05) is 5.75 Å². The Kier molecular flexibility index (Phi) is 4.14. The number of benzene rings is 1. The molecule has 0 saturated heterocycles. The zero-order valence-electron chi connectivity index (χ0n) is 12.5. The van der Waals surface area contributed by atoms with Gasteiger partial charge in [-0.2, -0.15) is 0 Å². The van der Waals surface area contributed by atoms with Crippen molar-refractivity contribution in [3.63, 3.8) is 0 Å². The van der Waals surface area contributed by atoms with Crippen LogP contribution in [-0.4, -0.2) is 31.2 Å². The molecule has 4 rings (SSSR count). The lowest BCUT2D eigenvalue weighted by Crippen LogP contribution is -2.25. The second-order valence-corrected chi connectivity index (χ2v) is 7.31. The van der Waals surface area contributed by atoms with Gasteiger partial charge in [0, 0.05) is 6.20 Å². The summed E-state index contributed by atoms with van der Waals surface area (Å²) in [7, 11) is 0. The van der Waals surface area contributed by atoms with Crippen LogP contribution < -0.4 is 5.32 Å². The van der Waals surface area contributed by atoms with E-state index in [0.717, 1.165) is 20.2 Å². The van der Waals surface area contributed by atoms with E-state index in [1.807, 2.05) is 53.1 Å². The van der Waals surface area contributed by atoms with Crippen molar-refractivity contribution in [3.8, 4) is 0 Å². The van der Waals surface area contributed by atoms with Gasteiger partial charge >= 0.3 is 0 Å². The fourth-order valence-electron chi connectivity index (χ4n) is 2.28. The number of amides is 1. The Hall–Kier alpha value is -2.45. The molecule has 0 unspecified atom stereocenters. The molecule has 1 N–H and O–H groups in total. The average Bonchev–Trinajstić information content (AvgIpc) is 3.21. The normalized spacial score (nSPS) is 11.2. The van der Waals surface area contributed by atoms with Crippen molar-refractivity contribution < 1.29 is 4.79 Å². The minimum absolute atomic E-state index is 0.0491. The molecule has 24 heavy (non-hydrogen) atoms. The second-order valence-electron chi connectivity index (χ2n) is 5.06. The maximum Gasteiger partial charge on any atom is 0.230 e. The molecule has 0 radical (unpaired) electrons. The summed E-state index contributed by atoms with van der Waals surface area (Å²) in [5.41, 5.74) is 1.74. The molecule has 120 valence electrons. The van der Waals surface area contributed by atoms with Gasteiger partial charge in [0.25, 0.3) is 0 Å². The standard InChI is InChI=1S/C16H13N5OS2/c22-15(10-23-16-18-11-5-1-2-6-12(11)24-16)17-9-14-20-19-13-7-3-4-8-21(13)14/h1-8H,9-10H2,(H,17,22). The molecule has 0 atom stereocenters. The molecule has 3 heterocycles. The molecule has 0 saturated carbocycles. The summed E-state index contributed by atoms with van der Waals surface area (Å²) in [5.74, 6) is 0.993. The van der Waals surface area contributed by atoms with Crippen LogP contribution in [0.4, 0.5) is 0 Å². The minimum atomic E-state index is -0.0491. The van der Waals surface area contributed by atoms with Crippen molar-refractivity contribution >= 4 is 44.9 Å². The lowest BCUT2D eigenvalue weighted by atomic mass is 10.3. The number of fused-ring (bicyclic) bond motifs is 2. The Morgan fingerprint density at radius 2 is 2.04 bits per heavy atom. The lowest BCUT2D eigenvalue weighted by Gasteiger charge is -2.03. The van der Waals surface area contributed by atoms with E-state index in [2.05, 4.69) is 20.5 Å². The molecule has 3 aromatic heterocycles. The molecule has 6 nitrogen and oxygen atoms in total. The summed E-state index contributed by atoms with van der Waals surface area (Å²) in [6.45, 7) is 0.352. The fourth-order valence-corrected chi connectivity index (χ4v) is 4.18. The number of thiazole rings is 1. The summed E-state index contributed by atoms with van der Waals surface area (Å²) >= 11 is 3.05. The molecule has 0 aliphatic heterocycles. The van der Waals surface area contributed by atoms with Gasteiger partial charge in [-0.05, 0) is 24.3 Å². The van der Waals surface area contributed by atoms with Gasteiger partial charge in [0.15, 0.2) is 15.8 Å². The van der Waals surface area contributed by atoms with Gasteiger partial charge in [-0.15, -0.1) is 21.5 Å². The first-order valence-electron chi connectivity index (χ1n) is 7.33. The number of carbonyl (C=O) groups is 1. The number of hydrogen-bond acceptors (Lipinski definition) is 6. The van der Waals surface area contributed by atoms with Crippen molar-refractivity contribution in [3.05, 3.63) is 54.5 Å². The Labute approximate surface area is 145 Å². The highest BCUT2D eigenvalue weighted by atomic mass is 32.2. The van der Waals surface area contributed by atoms with E-state index in [-0.39, 0.29) is 5.91 Å². The third-order valence-corrected chi connectivity index (χ3v) is 5.61. The molecule has 0 fully saturated rings. The van der Waals surface area contributed by atoms with E-state index in [1.54, 1.807) is 11.3 Å². The van der Waals surface area contributed by atoms with E-state index in [4.69, 9.17) is 0 Å². The summed E-state index contributed by atoms with van der Waals surface area (Å²) < 4.78 is 3.90. The Balaban J connectivity index is 1.35. The van der Waals surface area contributed by atoms with Crippen LogP contribution in [-0.2, 0) is 11.3 Å². The average molecular weight is 355 g/mol. The summed E-state index contributed by atoms with van der Waals surface area (Å²) in [6.07, 6.45) is 1.88. The zero-order valence-corrected chi connectivity index (χ0v) is 14.2. The fraction of sp³-hybridized carbons (Fsp3) is 0.125. The van der Waals surface area contributed by atoms with E-state index in [0.29, 0.717) is 18.1 Å². The topological polar surface area (TPSA) is 72.2 Å². The number of para-hydroxylation sites is 1. The first kappa shape index (κ1) is 15.1. The van der Waals surface area contributed by atoms with Crippen LogP contribution in [0.5, 0.6) is 0 Å². The van der Waals surface area contributed by atoms with Gasteiger partial charge < -0.3 is 5.32 Å². The van der Waals surface area contributed by atoms with E-state index >= 15 is 0 Å². The number of thioether (sulfide) groups is 1. The van der Waals surface area contributed by atoms with Crippen molar-refractivity contribution in [2.45, 2.75) is 10.9 Å². The number of rotatable bonds is 5. The molecule has 1 aromatic carbocycles. The number of pyridine rings is 1. The van der Waals surface area contributed by atoms with Crippen LogP contribution in [0.3, 0.4) is 0 Å². The predicted molar refractivity (Wildman–Crippen MR) is 95.2 cm³/mol. The minimum Gasteiger partial charge on any atom is -0.348 e. The first-order valence-corrected chi connectivity index (χ1v) is 9.13. The Morgan fingerprint density at radius 3 is 2.96 bits per heavy atom. The molecule has 0 aliphatic rings. The predicted octanol–water partition coefficient (Wildman–Crippen LogP) is 2.75. The molecular weight excluding hydrogens is 342 g/mol. The van der Waals surface area contributed by atoms with Crippen molar-refractivity contribution in [1.82, 2.24) is 24.9 Å². The number of aromatic nitrogens is 4. The molecule has 8 heteroatoms. The second kappa shape index (κ2) is 6.58. The van der Waals surface area contributed by atoms with Crippen LogP contribution in [0.1, 0.15) is 5.82 Å². The van der Waals surface area contributed by atoms with Gasteiger partial charge in [-0.25, -0.2) is 4.98 Å².